The van der Waals surface area contributed by atoms with Crippen molar-refractivity contribution < 1.29 is 0 Å². The molecule has 2 heteroatoms. The maximum absolute atomic E-state index is 3.21. The van der Waals surface area contributed by atoms with Gasteiger partial charge in [0.15, 0.2) is 0 Å². The summed E-state index contributed by atoms with van der Waals surface area (Å²) in [6, 6.07) is 6.57. The van der Waals surface area contributed by atoms with Crippen LogP contribution in [0.4, 0.5) is 5.69 Å². The fraction of sp³-hybridized carbons (Fsp3) is 0.455. The van der Waals surface area contributed by atoms with Gasteiger partial charge in [0.05, 0.1) is 0 Å². The Morgan fingerprint density at radius 1 is 1.46 bits per heavy atom. The van der Waals surface area contributed by atoms with Crippen LogP contribution in [0, 0.1) is 0 Å². The molecule has 2 rings (SSSR count). The minimum atomic E-state index is 0.983. The third-order valence-corrected chi connectivity index (χ3v) is 2.72. The Morgan fingerprint density at radius 3 is 3.08 bits per heavy atom. The quantitative estimate of drug-likeness (QED) is 0.732. The summed E-state index contributed by atoms with van der Waals surface area (Å²) in [5.41, 5.74) is 4.39. The molecule has 1 aromatic rings. The summed E-state index contributed by atoms with van der Waals surface area (Å²) in [6.45, 7) is 2.15. The molecule has 0 atom stereocenters. The lowest BCUT2D eigenvalue weighted by molar-refractivity contribution is 0.808. The summed E-state index contributed by atoms with van der Waals surface area (Å²) in [6.07, 6.45) is 1.20. The third-order valence-electron chi connectivity index (χ3n) is 2.72. The van der Waals surface area contributed by atoms with Gasteiger partial charge in [-0.1, -0.05) is 12.1 Å². The first-order valence-corrected chi connectivity index (χ1v) is 4.79. The average molecular weight is 176 g/mol. The molecule has 13 heavy (non-hydrogen) atoms. The SMILES string of the molecule is CNCc1cccc2c1CCN2C. The molecule has 1 N–H and O–H groups in total. The summed E-state index contributed by atoms with van der Waals surface area (Å²) in [7, 11) is 4.16. The van der Waals surface area contributed by atoms with Crippen molar-refractivity contribution in [3.63, 3.8) is 0 Å². The van der Waals surface area contributed by atoms with Crippen LogP contribution >= 0.6 is 0 Å². The largest absolute Gasteiger partial charge is 0.374 e. The number of fused-ring (bicyclic) bond motifs is 1. The normalized spacial score (nSPS) is 14.8. The molecule has 0 saturated carbocycles. The predicted octanol–water partition coefficient (Wildman–Crippen LogP) is 1.40. The summed E-state index contributed by atoms with van der Waals surface area (Å²) < 4.78 is 0. The molecular formula is C11H16N2. The van der Waals surface area contributed by atoms with E-state index in [-0.39, 0.29) is 0 Å². The van der Waals surface area contributed by atoms with Crippen LogP contribution in [0.1, 0.15) is 11.1 Å². The van der Waals surface area contributed by atoms with E-state index >= 15 is 0 Å². The van der Waals surface area contributed by atoms with Gasteiger partial charge in [-0.2, -0.15) is 0 Å². The van der Waals surface area contributed by atoms with Crippen molar-refractivity contribution in [1.82, 2.24) is 5.32 Å². The highest BCUT2D eigenvalue weighted by molar-refractivity contribution is 5.60. The second-order valence-corrected chi connectivity index (χ2v) is 3.62. The number of anilines is 1. The zero-order valence-electron chi connectivity index (χ0n) is 8.30. The molecule has 0 fully saturated rings. The fourth-order valence-corrected chi connectivity index (χ4v) is 2.02. The zero-order chi connectivity index (χ0) is 9.26. The van der Waals surface area contributed by atoms with Gasteiger partial charge in [0.1, 0.15) is 0 Å². The van der Waals surface area contributed by atoms with Gasteiger partial charge in [-0.3, -0.25) is 0 Å². The number of hydrogen-bond donors (Lipinski definition) is 1. The Kier molecular flexibility index (Phi) is 2.23. The van der Waals surface area contributed by atoms with Crippen LogP contribution in [0.25, 0.3) is 0 Å². The van der Waals surface area contributed by atoms with Crippen LogP contribution in [0.15, 0.2) is 18.2 Å². The lowest BCUT2D eigenvalue weighted by atomic mass is 10.1. The lowest BCUT2D eigenvalue weighted by Crippen LogP contribution is -2.12. The van der Waals surface area contributed by atoms with E-state index in [0.29, 0.717) is 0 Å². The Labute approximate surface area is 79.6 Å². The third kappa shape index (κ3) is 1.42. The smallest absolute Gasteiger partial charge is 0.0400 e. The number of nitrogens with one attached hydrogen (secondary N) is 1. The van der Waals surface area contributed by atoms with Gasteiger partial charge in [0.2, 0.25) is 0 Å². The Morgan fingerprint density at radius 2 is 2.31 bits per heavy atom. The Hall–Kier alpha value is -1.02. The van der Waals surface area contributed by atoms with E-state index in [1.165, 1.54) is 23.2 Å². The fourth-order valence-electron chi connectivity index (χ4n) is 2.02. The first kappa shape index (κ1) is 8.57. The highest BCUT2D eigenvalue weighted by atomic mass is 15.1. The van der Waals surface area contributed by atoms with Gasteiger partial charge in [-0.05, 0) is 30.7 Å². The molecule has 0 amide bonds. The summed E-state index contributed by atoms with van der Waals surface area (Å²) in [5.74, 6) is 0. The molecule has 0 spiro atoms. The maximum Gasteiger partial charge on any atom is 0.0400 e. The van der Waals surface area contributed by atoms with Crippen LogP contribution in [0.2, 0.25) is 0 Å². The molecule has 1 heterocycles. The number of rotatable bonds is 2. The van der Waals surface area contributed by atoms with Crippen LogP contribution < -0.4 is 10.2 Å². The molecule has 0 radical (unpaired) electrons. The van der Waals surface area contributed by atoms with E-state index in [4.69, 9.17) is 0 Å². The van der Waals surface area contributed by atoms with Crippen LogP contribution in [0.5, 0.6) is 0 Å². The topological polar surface area (TPSA) is 15.3 Å². The Bertz CT molecular complexity index is 307. The monoisotopic (exact) mass is 176 g/mol. The highest BCUT2D eigenvalue weighted by Gasteiger charge is 2.17. The van der Waals surface area contributed by atoms with Crippen molar-refractivity contribution in [3.8, 4) is 0 Å². The minimum Gasteiger partial charge on any atom is -0.374 e. The van der Waals surface area contributed by atoms with Crippen LogP contribution in [0.3, 0.4) is 0 Å². The molecule has 2 nitrogen and oxygen atoms in total. The number of nitrogens with zero attached hydrogens (tertiary/aromatic N) is 1. The molecule has 1 aliphatic heterocycles. The van der Waals surface area contributed by atoms with Gasteiger partial charge in [-0.15, -0.1) is 0 Å². The van der Waals surface area contributed by atoms with Gasteiger partial charge >= 0.3 is 0 Å². The van der Waals surface area contributed by atoms with Gasteiger partial charge in [-0.25, -0.2) is 0 Å². The van der Waals surface area contributed by atoms with E-state index in [2.05, 4.69) is 35.5 Å². The van der Waals surface area contributed by atoms with Crippen molar-refractivity contribution in [2.45, 2.75) is 13.0 Å². The summed E-state index contributed by atoms with van der Waals surface area (Å²) in [4.78, 5) is 2.33. The molecule has 70 valence electrons. The van der Waals surface area contributed by atoms with Crippen LogP contribution in [-0.4, -0.2) is 20.6 Å². The Balaban J connectivity index is 2.38. The second-order valence-electron chi connectivity index (χ2n) is 3.62. The first-order chi connectivity index (χ1) is 6.33. The molecular weight excluding hydrogens is 160 g/mol. The van der Waals surface area contributed by atoms with Gasteiger partial charge in [0, 0.05) is 25.8 Å². The van der Waals surface area contributed by atoms with Crippen molar-refractivity contribution >= 4 is 5.69 Å². The highest BCUT2D eigenvalue weighted by Crippen LogP contribution is 2.29. The number of benzene rings is 1. The van der Waals surface area contributed by atoms with Crippen molar-refractivity contribution in [2.24, 2.45) is 0 Å². The molecule has 0 aliphatic carbocycles. The van der Waals surface area contributed by atoms with E-state index in [1.807, 2.05) is 7.05 Å². The zero-order valence-corrected chi connectivity index (χ0v) is 8.30. The van der Waals surface area contributed by atoms with Crippen molar-refractivity contribution in [1.29, 1.82) is 0 Å². The molecule has 1 aliphatic rings. The molecule has 1 aromatic carbocycles. The van der Waals surface area contributed by atoms with E-state index < -0.39 is 0 Å². The molecule has 0 saturated heterocycles. The summed E-state index contributed by atoms with van der Waals surface area (Å²) in [5, 5.41) is 3.21. The molecule has 0 bridgehead atoms. The van der Waals surface area contributed by atoms with Crippen molar-refractivity contribution in [3.05, 3.63) is 29.3 Å². The predicted molar refractivity (Wildman–Crippen MR) is 56.2 cm³/mol. The second kappa shape index (κ2) is 3.38. The number of hydrogen-bond acceptors (Lipinski definition) is 2. The lowest BCUT2D eigenvalue weighted by Gasteiger charge is -2.12. The van der Waals surface area contributed by atoms with E-state index in [9.17, 15) is 0 Å². The first-order valence-electron chi connectivity index (χ1n) is 4.79. The van der Waals surface area contributed by atoms with Crippen molar-refractivity contribution in [2.75, 3.05) is 25.5 Å². The molecule has 0 aromatic heterocycles. The summed E-state index contributed by atoms with van der Waals surface area (Å²) >= 11 is 0. The van der Waals surface area contributed by atoms with Crippen LogP contribution in [-0.2, 0) is 13.0 Å². The minimum absolute atomic E-state index is 0.983. The van der Waals surface area contributed by atoms with Gasteiger partial charge < -0.3 is 10.2 Å². The van der Waals surface area contributed by atoms with Gasteiger partial charge in [0.25, 0.3) is 0 Å². The van der Waals surface area contributed by atoms with E-state index in [1.54, 1.807) is 0 Å². The standard InChI is InChI=1S/C11H16N2/c1-12-8-9-4-3-5-11-10(9)6-7-13(11)2/h3-5,12H,6-8H2,1-2H3. The molecule has 0 unspecified atom stereocenters. The average Bonchev–Trinajstić information content (AvgIpc) is 2.50. The number of likely N-dealkylation sites (N-methyl/N-ethyl adjacent to an activating group) is 1. The maximum atomic E-state index is 3.21. The van der Waals surface area contributed by atoms with E-state index in [0.717, 1.165) is 13.1 Å².